The minimum atomic E-state index is 0.299. The highest BCUT2D eigenvalue weighted by atomic mass is 15.2. The summed E-state index contributed by atoms with van der Waals surface area (Å²) in [6.07, 6.45) is 9.89. The molecule has 1 unspecified atom stereocenters. The van der Waals surface area contributed by atoms with E-state index in [9.17, 15) is 0 Å². The number of hydrogen-bond acceptors (Lipinski definition) is 2. The lowest BCUT2D eigenvalue weighted by atomic mass is 9.99. The lowest BCUT2D eigenvalue weighted by Gasteiger charge is -2.43. The Bertz CT molecular complexity index is 213. The predicted molar refractivity (Wildman–Crippen MR) is 81.1 cm³/mol. The Morgan fingerprint density at radius 2 is 1.67 bits per heavy atom. The summed E-state index contributed by atoms with van der Waals surface area (Å²) in [5.41, 5.74) is 0.299. The van der Waals surface area contributed by atoms with E-state index in [1.807, 2.05) is 0 Å². The maximum atomic E-state index is 3.62. The Morgan fingerprint density at radius 3 is 2.33 bits per heavy atom. The molecule has 0 aromatic heterocycles. The van der Waals surface area contributed by atoms with Gasteiger partial charge >= 0.3 is 0 Å². The molecule has 0 bridgehead atoms. The summed E-state index contributed by atoms with van der Waals surface area (Å²) >= 11 is 0. The first kappa shape index (κ1) is 16.0. The normalized spacial score (nSPS) is 24.3. The van der Waals surface area contributed by atoms with Gasteiger partial charge in [-0.1, -0.05) is 45.4 Å². The van der Waals surface area contributed by atoms with Crippen LogP contribution in [0.1, 0.15) is 72.6 Å². The van der Waals surface area contributed by atoms with E-state index in [-0.39, 0.29) is 0 Å². The summed E-state index contributed by atoms with van der Waals surface area (Å²) in [5, 5.41) is 3.62. The number of unbranched alkanes of at least 4 members (excludes halogenated alkanes) is 6. The minimum absolute atomic E-state index is 0.299. The maximum Gasteiger partial charge on any atom is 0.0252 e. The molecule has 18 heavy (non-hydrogen) atoms. The molecular weight excluding hydrogens is 220 g/mol. The third-order valence-corrected chi connectivity index (χ3v) is 4.15. The molecule has 1 aliphatic heterocycles. The van der Waals surface area contributed by atoms with Gasteiger partial charge in [0.05, 0.1) is 0 Å². The van der Waals surface area contributed by atoms with Crippen molar-refractivity contribution in [1.82, 2.24) is 10.2 Å². The zero-order chi connectivity index (χ0) is 13.4. The summed E-state index contributed by atoms with van der Waals surface area (Å²) in [6.45, 7) is 12.9. The minimum Gasteiger partial charge on any atom is -0.309 e. The molecule has 1 aliphatic rings. The molecule has 0 aliphatic carbocycles. The number of nitrogens with one attached hydrogen (secondary N) is 1. The van der Waals surface area contributed by atoms with Crippen LogP contribution in [0.2, 0.25) is 0 Å². The number of piperazine rings is 1. The summed E-state index contributed by atoms with van der Waals surface area (Å²) < 4.78 is 0. The standard InChI is InChI=1S/C16H34N2/c1-5-6-7-8-9-10-11-12-18-14-16(3,4)17-13-15(18)2/h15,17H,5-14H2,1-4H3. The highest BCUT2D eigenvalue weighted by Gasteiger charge is 2.29. The lowest BCUT2D eigenvalue weighted by Crippen LogP contribution is -2.60. The number of hydrogen-bond donors (Lipinski definition) is 1. The first-order chi connectivity index (χ1) is 8.55. The van der Waals surface area contributed by atoms with Gasteiger partial charge in [0.1, 0.15) is 0 Å². The Morgan fingerprint density at radius 1 is 1.06 bits per heavy atom. The van der Waals surface area contributed by atoms with Gasteiger partial charge in [0.25, 0.3) is 0 Å². The Balaban J connectivity index is 2.07. The molecule has 0 aromatic carbocycles. The molecule has 1 N–H and O–H groups in total. The third-order valence-electron chi connectivity index (χ3n) is 4.15. The van der Waals surface area contributed by atoms with Gasteiger partial charge in [0, 0.05) is 24.7 Å². The van der Waals surface area contributed by atoms with Crippen LogP contribution in [0.3, 0.4) is 0 Å². The van der Waals surface area contributed by atoms with Crippen LogP contribution in [-0.2, 0) is 0 Å². The lowest BCUT2D eigenvalue weighted by molar-refractivity contribution is 0.103. The summed E-state index contributed by atoms with van der Waals surface area (Å²) in [5.74, 6) is 0. The summed E-state index contributed by atoms with van der Waals surface area (Å²) in [4.78, 5) is 2.67. The van der Waals surface area contributed by atoms with Crippen molar-refractivity contribution in [3.05, 3.63) is 0 Å². The van der Waals surface area contributed by atoms with Gasteiger partial charge < -0.3 is 5.32 Å². The van der Waals surface area contributed by atoms with E-state index in [4.69, 9.17) is 0 Å². The summed E-state index contributed by atoms with van der Waals surface area (Å²) in [6, 6.07) is 0.707. The van der Waals surface area contributed by atoms with Crippen molar-refractivity contribution in [2.24, 2.45) is 0 Å². The van der Waals surface area contributed by atoms with E-state index in [1.54, 1.807) is 0 Å². The van der Waals surface area contributed by atoms with Crippen molar-refractivity contribution in [3.8, 4) is 0 Å². The van der Waals surface area contributed by atoms with Gasteiger partial charge in [-0.3, -0.25) is 4.90 Å². The zero-order valence-corrected chi connectivity index (χ0v) is 13.1. The first-order valence-corrected chi connectivity index (χ1v) is 8.04. The molecule has 1 atom stereocenters. The van der Waals surface area contributed by atoms with Gasteiger partial charge in [-0.05, 0) is 33.7 Å². The van der Waals surface area contributed by atoms with Crippen LogP contribution in [0.4, 0.5) is 0 Å². The van der Waals surface area contributed by atoms with Crippen LogP contribution in [0.5, 0.6) is 0 Å². The number of nitrogens with zero attached hydrogens (tertiary/aromatic N) is 1. The van der Waals surface area contributed by atoms with Crippen LogP contribution < -0.4 is 5.32 Å². The number of rotatable bonds is 8. The second-order valence-electron chi connectivity index (χ2n) is 6.71. The molecule has 1 rings (SSSR count). The van der Waals surface area contributed by atoms with Crippen LogP contribution in [0.25, 0.3) is 0 Å². The SMILES string of the molecule is CCCCCCCCCN1CC(C)(C)NCC1C. The molecule has 0 aromatic rings. The fraction of sp³-hybridized carbons (Fsp3) is 1.00. The van der Waals surface area contributed by atoms with E-state index in [0.29, 0.717) is 11.6 Å². The molecule has 108 valence electrons. The third kappa shape index (κ3) is 6.19. The second-order valence-corrected chi connectivity index (χ2v) is 6.71. The smallest absolute Gasteiger partial charge is 0.0252 e. The average molecular weight is 254 g/mol. The molecule has 0 radical (unpaired) electrons. The molecule has 2 heteroatoms. The molecule has 2 nitrogen and oxygen atoms in total. The first-order valence-electron chi connectivity index (χ1n) is 8.04. The highest BCUT2D eigenvalue weighted by Crippen LogP contribution is 2.16. The average Bonchev–Trinajstić information content (AvgIpc) is 2.32. The topological polar surface area (TPSA) is 15.3 Å². The van der Waals surface area contributed by atoms with Crippen molar-refractivity contribution in [2.45, 2.75) is 84.2 Å². The Kier molecular flexibility index (Phi) is 7.25. The fourth-order valence-electron chi connectivity index (χ4n) is 2.84. The van der Waals surface area contributed by atoms with E-state index in [1.165, 1.54) is 58.0 Å². The van der Waals surface area contributed by atoms with Gasteiger partial charge in [0.15, 0.2) is 0 Å². The van der Waals surface area contributed by atoms with E-state index in [0.717, 1.165) is 6.54 Å². The van der Waals surface area contributed by atoms with Crippen molar-refractivity contribution in [2.75, 3.05) is 19.6 Å². The molecule has 0 spiro atoms. The molecule has 0 amide bonds. The van der Waals surface area contributed by atoms with Crippen molar-refractivity contribution < 1.29 is 0 Å². The van der Waals surface area contributed by atoms with Crippen LogP contribution in [0.15, 0.2) is 0 Å². The van der Waals surface area contributed by atoms with Gasteiger partial charge in [-0.2, -0.15) is 0 Å². The molecule has 1 heterocycles. The van der Waals surface area contributed by atoms with Crippen molar-refractivity contribution >= 4 is 0 Å². The maximum absolute atomic E-state index is 3.62. The molecule has 1 fully saturated rings. The Hall–Kier alpha value is -0.0800. The monoisotopic (exact) mass is 254 g/mol. The van der Waals surface area contributed by atoms with Crippen molar-refractivity contribution in [3.63, 3.8) is 0 Å². The largest absolute Gasteiger partial charge is 0.309 e. The highest BCUT2D eigenvalue weighted by molar-refractivity contribution is 4.90. The zero-order valence-electron chi connectivity index (χ0n) is 13.1. The van der Waals surface area contributed by atoms with E-state index in [2.05, 4.69) is 37.9 Å². The Labute approximate surface area is 115 Å². The summed E-state index contributed by atoms with van der Waals surface area (Å²) in [7, 11) is 0. The van der Waals surface area contributed by atoms with Crippen LogP contribution in [0, 0.1) is 0 Å². The van der Waals surface area contributed by atoms with Crippen molar-refractivity contribution in [1.29, 1.82) is 0 Å². The van der Waals surface area contributed by atoms with Crippen LogP contribution >= 0.6 is 0 Å². The second kappa shape index (κ2) is 8.16. The quantitative estimate of drug-likeness (QED) is 0.663. The molecular formula is C16H34N2. The van der Waals surface area contributed by atoms with Crippen LogP contribution in [-0.4, -0.2) is 36.1 Å². The van der Waals surface area contributed by atoms with Gasteiger partial charge in [-0.25, -0.2) is 0 Å². The van der Waals surface area contributed by atoms with E-state index >= 15 is 0 Å². The van der Waals surface area contributed by atoms with E-state index < -0.39 is 0 Å². The van der Waals surface area contributed by atoms with Gasteiger partial charge in [0.2, 0.25) is 0 Å². The molecule has 1 saturated heterocycles. The fourth-order valence-corrected chi connectivity index (χ4v) is 2.84. The molecule has 0 saturated carbocycles. The predicted octanol–water partition coefficient (Wildman–Crippen LogP) is 3.81. The van der Waals surface area contributed by atoms with Gasteiger partial charge in [-0.15, -0.1) is 0 Å².